The highest BCUT2D eigenvalue weighted by Gasteiger charge is 2.37. The van der Waals surface area contributed by atoms with Crippen LogP contribution in [0.25, 0.3) is 0 Å². The summed E-state index contributed by atoms with van der Waals surface area (Å²) in [6, 6.07) is 3.82. The molecule has 98 valence electrons. The molecule has 0 atom stereocenters. The molecule has 18 heavy (non-hydrogen) atoms. The van der Waals surface area contributed by atoms with Crippen molar-refractivity contribution in [2.24, 2.45) is 5.41 Å². The topological polar surface area (TPSA) is 54.0 Å². The second kappa shape index (κ2) is 5.48. The molecule has 4 nitrogen and oxygen atoms in total. The van der Waals surface area contributed by atoms with Crippen LogP contribution in [0.3, 0.4) is 0 Å². The minimum atomic E-state index is -0.224. The van der Waals surface area contributed by atoms with Crippen molar-refractivity contribution in [3.05, 3.63) is 23.9 Å². The van der Waals surface area contributed by atoms with Crippen LogP contribution in [0, 0.1) is 12.3 Å². The lowest BCUT2D eigenvalue weighted by Gasteiger charge is -2.35. The number of nitrogens with zero attached hydrogens (tertiary/aromatic N) is 1. The Balaban J connectivity index is 2.07. The average molecular weight is 247 g/mol. The van der Waals surface area contributed by atoms with Crippen molar-refractivity contribution < 1.29 is 4.79 Å². The summed E-state index contributed by atoms with van der Waals surface area (Å²) < 4.78 is 0. The first-order valence-corrected chi connectivity index (χ1v) is 6.61. The number of pyridine rings is 1. The van der Waals surface area contributed by atoms with Crippen LogP contribution in [-0.4, -0.2) is 24.0 Å². The predicted molar refractivity (Wildman–Crippen MR) is 72.4 cm³/mol. The third-order valence-electron chi connectivity index (χ3n) is 3.87. The van der Waals surface area contributed by atoms with Crippen molar-refractivity contribution in [3.8, 4) is 0 Å². The van der Waals surface area contributed by atoms with Gasteiger partial charge in [-0.15, -0.1) is 0 Å². The van der Waals surface area contributed by atoms with Crippen LogP contribution in [0.2, 0.25) is 0 Å². The molecule has 1 amide bonds. The van der Waals surface area contributed by atoms with Gasteiger partial charge in [0.2, 0.25) is 5.91 Å². The first-order chi connectivity index (χ1) is 8.66. The molecular formula is C14H21N3O. The fourth-order valence-electron chi connectivity index (χ4n) is 2.44. The van der Waals surface area contributed by atoms with E-state index in [9.17, 15) is 4.79 Å². The third-order valence-corrected chi connectivity index (χ3v) is 3.87. The van der Waals surface area contributed by atoms with Gasteiger partial charge in [-0.05, 0) is 50.9 Å². The van der Waals surface area contributed by atoms with E-state index < -0.39 is 0 Å². The maximum atomic E-state index is 12.4. The number of anilines is 1. The molecule has 0 saturated carbocycles. The van der Waals surface area contributed by atoms with Crippen LogP contribution in [0.15, 0.2) is 18.3 Å². The van der Waals surface area contributed by atoms with Gasteiger partial charge in [-0.1, -0.05) is 13.0 Å². The summed E-state index contributed by atoms with van der Waals surface area (Å²) in [6.07, 6.45) is 4.46. The molecule has 0 bridgehead atoms. The number of aryl methyl sites for hydroxylation is 1. The van der Waals surface area contributed by atoms with Crippen LogP contribution in [0.4, 0.5) is 5.82 Å². The van der Waals surface area contributed by atoms with Gasteiger partial charge < -0.3 is 10.6 Å². The fraction of sp³-hybridized carbons (Fsp3) is 0.571. The van der Waals surface area contributed by atoms with Gasteiger partial charge in [-0.3, -0.25) is 4.79 Å². The highest BCUT2D eigenvalue weighted by molar-refractivity contribution is 5.94. The number of carbonyl (C=O) groups excluding carboxylic acids is 1. The third kappa shape index (κ3) is 2.70. The Kier molecular flexibility index (Phi) is 3.97. The van der Waals surface area contributed by atoms with Crippen molar-refractivity contribution in [1.82, 2.24) is 10.3 Å². The first-order valence-electron chi connectivity index (χ1n) is 6.61. The standard InChI is InChI=1S/C14H21N3O/c1-3-14(6-8-15-9-7-14)13(18)17-12-5-4-11(2)10-16-12/h4-5,10,15H,3,6-9H2,1-2H3,(H,16,17,18). The number of hydrogen-bond acceptors (Lipinski definition) is 3. The Morgan fingerprint density at radius 2 is 2.17 bits per heavy atom. The Labute approximate surface area is 108 Å². The molecule has 1 aliphatic rings. The molecule has 0 radical (unpaired) electrons. The number of rotatable bonds is 3. The van der Waals surface area contributed by atoms with Crippen molar-refractivity contribution in [2.75, 3.05) is 18.4 Å². The lowest BCUT2D eigenvalue weighted by molar-refractivity contribution is -0.127. The first kappa shape index (κ1) is 13.0. The second-order valence-electron chi connectivity index (χ2n) is 5.06. The van der Waals surface area contributed by atoms with Crippen LogP contribution in [0.5, 0.6) is 0 Å². The van der Waals surface area contributed by atoms with Crippen LogP contribution >= 0.6 is 0 Å². The molecule has 1 aromatic heterocycles. The van der Waals surface area contributed by atoms with Gasteiger partial charge in [-0.2, -0.15) is 0 Å². The zero-order chi connectivity index (χ0) is 13.0. The quantitative estimate of drug-likeness (QED) is 0.860. The Bertz CT molecular complexity index is 408. The Morgan fingerprint density at radius 1 is 1.44 bits per heavy atom. The molecular weight excluding hydrogens is 226 g/mol. The van der Waals surface area contributed by atoms with E-state index in [4.69, 9.17) is 0 Å². The predicted octanol–water partition coefficient (Wildman–Crippen LogP) is 2.11. The van der Waals surface area contributed by atoms with Gasteiger partial charge in [-0.25, -0.2) is 4.98 Å². The highest BCUT2D eigenvalue weighted by Crippen LogP contribution is 2.33. The summed E-state index contributed by atoms with van der Waals surface area (Å²) in [6.45, 7) is 5.91. The summed E-state index contributed by atoms with van der Waals surface area (Å²) in [5.74, 6) is 0.764. The summed E-state index contributed by atoms with van der Waals surface area (Å²) in [5, 5.41) is 6.26. The van der Waals surface area contributed by atoms with E-state index in [2.05, 4.69) is 22.5 Å². The lowest BCUT2D eigenvalue weighted by atomic mass is 9.76. The largest absolute Gasteiger partial charge is 0.317 e. The molecule has 1 fully saturated rings. The van der Waals surface area contributed by atoms with Crippen molar-refractivity contribution in [1.29, 1.82) is 0 Å². The molecule has 1 aromatic rings. The number of nitrogens with one attached hydrogen (secondary N) is 2. The van der Waals surface area contributed by atoms with Gasteiger partial charge in [0.05, 0.1) is 5.41 Å². The van der Waals surface area contributed by atoms with Gasteiger partial charge in [0.1, 0.15) is 5.82 Å². The zero-order valence-electron chi connectivity index (χ0n) is 11.1. The minimum Gasteiger partial charge on any atom is -0.317 e. The highest BCUT2D eigenvalue weighted by atomic mass is 16.2. The fourth-order valence-corrected chi connectivity index (χ4v) is 2.44. The minimum absolute atomic E-state index is 0.114. The summed E-state index contributed by atoms with van der Waals surface area (Å²) >= 11 is 0. The second-order valence-corrected chi connectivity index (χ2v) is 5.06. The van der Waals surface area contributed by atoms with E-state index in [-0.39, 0.29) is 11.3 Å². The SMILES string of the molecule is CCC1(C(=O)Nc2ccc(C)cn2)CCNCC1. The van der Waals surface area contributed by atoms with Gasteiger partial charge in [0.25, 0.3) is 0 Å². The number of piperidine rings is 1. The number of aromatic nitrogens is 1. The molecule has 4 heteroatoms. The lowest BCUT2D eigenvalue weighted by Crippen LogP contribution is -2.44. The van der Waals surface area contributed by atoms with E-state index in [0.717, 1.165) is 37.9 Å². The molecule has 0 aliphatic carbocycles. The van der Waals surface area contributed by atoms with Gasteiger partial charge in [0.15, 0.2) is 0 Å². The van der Waals surface area contributed by atoms with Crippen LogP contribution in [-0.2, 0) is 4.79 Å². The van der Waals surface area contributed by atoms with E-state index in [0.29, 0.717) is 5.82 Å². The molecule has 0 unspecified atom stereocenters. The maximum absolute atomic E-state index is 12.4. The monoisotopic (exact) mass is 247 g/mol. The van der Waals surface area contributed by atoms with E-state index in [1.54, 1.807) is 6.20 Å². The molecule has 2 heterocycles. The van der Waals surface area contributed by atoms with Crippen LogP contribution < -0.4 is 10.6 Å². The van der Waals surface area contributed by atoms with Gasteiger partial charge in [0, 0.05) is 6.20 Å². The molecule has 0 spiro atoms. The average Bonchev–Trinajstić information content (AvgIpc) is 2.42. The zero-order valence-corrected chi connectivity index (χ0v) is 11.1. The number of carbonyl (C=O) groups is 1. The normalized spacial score (nSPS) is 18.3. The van der Waals surface area contributed by atoms with E-state index in [1.807, 2.05) is 19.1 Å². The van der Waals surface area contributed by atoms with E-state index in [1.165, 1.54) is 0 Å². The summed E-state index contributed by atoms with van der Waals surface area (Å²) in [4.78, 5) is 16.7. The molecule has 2 rings (SSSR count). The van der Waals surface area contributed by atoms with Crippen molar-refractivity contribution in [2.45, 2.75) is 33.1 Å². The molecule has 0 aromatic carbocycles. The Morgan fingerprint density at radius 3 is 2.72 bits per heavy atom. The smallest absolute Gasteiger partial charge is 0.231 e. The number of amides is 1. The summed E-state index contributed by atoms with van der Waals surface area (Å²) in [7, 11) is 0. The number of hydrogen-bond donors (Lipinski definition) is 2. The molecule has 2 N–H and O–H groups in total. The van der Waals surface area contributed by atoms with E-state index >= 15 is 0 Å². The molecule has 1 saturated heterocycles. The maximum Gasteiger partial charge on any atom is 0.231 e. The molecule has 1 aliphatic heterocycles. The van der Waals surface area contributed by atoms with Crippen molar-refractivity contribution in [3.63, 3.8) is 0 Å². The van der Waals surface area contributed by atoms with Crippen LogP contribution in [0.1, 0.15) is 31.7 Å². The Hall–Kier alpha value is -1.42. The van der Waals surface area contributed by atoms with Gasteiger partial charge >= 0.3 is 0 Å². The van der Waals surface area contributed by atoms with Crippen molar-refractivity contribution >= 4 is 11.7 Å². The summed E-state index contributed by atoms with van der Waals surface area (Å²) in [5.41, 5.74) is 0.873.